The number of phosphoric acid groups is 1. The van der Waals surface area contributed by atoms with E-state index in [0.717, 1.165) is 44.9 Å². The van der Waals surface area contributed by atoms with Crippen molar-refractivity contribution in [3.05, 3.63) is 12.2 Å². The Morgan fingerprint density at radius 3 is 1.31 bits per heavy atom. The van der Waals surface area contributed by atoms with Crippen LogP contribution in [0.5, 0.6) is 0 Å². The van der Waals surface area contributed by atoms with Crippen LogP contribution < -0.4 is 5.32 Å². The van der Waals surface area contributed by atoms with Crippen LogP contribution in [0.25, 0.3) is 0 Å². The Morgan fingerprint density at radius 1 is 0.569 bits per heavy atom. The molecule has 8 N–H and O–H groups in total. The van der Waals surface area contributed by atoms with Crippen LogP contribution in [0.2, 0.25) is 0 Å². The molecular weight excluding hydrogens is 761 g/mol. The largest absolute Gasteiger partial charge is 0.472 e. The summed E-state index contributed by atoms with van der Waals surface area (Å²) in [5.41, 5.74) is 0. The summed E-state index contributed by atoms with van der Waals surface area (Å²) in [6, 6.07) is -1.11. The third kappa shape index (κ3) is 27.1. The van der Waals surface area contributed by atoms with Gasteiger partial charge in [0.1, 0.15) is 36.6 Å². The van der Waals surface area contributed by atoms with Gasteiger partial charge in [-0.3, -0.25) is 13.8 Å². The first-order valence-electron chi connectivity index (χ1n) is 23.6. The summed E-state index contributed by atoms with van der Waals surface area (Å²) in [7, 11) is -5.07. The highest BCUT2D eigenvalue weighted by Gasteiger charge is 2.51. The van der Waals surface area contributed by atoms with Gasteiger partial charge in [-0.2, -0.15) is 0 Å². The molecule has 13 heteroatoms. The first kappa shape index (κ1) is 55.1. The Balaban J connectivity index is 2.35. The summed E-state index contributed by atoms with van der Waals surface area (Å²) in [6.07, 6.45) is 27.4. The van der Waals surface area contributed by atoms with E-state index in [-0.39, 0.29) is 12.3 Å². The Hall–Kier alpha value is -0.920. The molecule has 1 amide bonds. The van der Waals surface area contributed by atoms with Gasteiger partial charge in [-0.15, -0.1) is 0 Å². The highest BCUT2D eigenvalue weighted by Crippen LogP contribution is 2.47. The standard InChI is InChI=1S/C45H88NO11P/c1-3-5-7-9-11-13-14-15-16-17-18-19-20-21-22-23-24-25-27-29-31-33-35-39(48)46-37(38(47)34-32-30-28-26-12-10-8-6-4-2)36-56-58(54,55)57-45-43(52)41(50)40(49)42(51)44(45)53/h32,34,37-38,40-45,47,49-53H,3-31,33,35-36H2,1-2H3,(H,46,48)(H,54,55)/b34-32+/t37-,38+,40?,41+,42?,43?,44?,45?/m0/s1. The van der Waals surface area contributed by atoms with Crippen LogP contribution in [-0.2, 0) is 18.4 Å². The molecule has 6 unspecified atom stereocenters. The number of aliphatic hydroxyl groups is 6. The van der Waals surface area contributed by atoms with E-state index in [1.165, 1.54) is 147 Å². The van der Waals surface area contributed by atoms with Crippen molar-refractivity contribution in [1.29, 1.82) is 0 Å². The van der Waals surface area contributed by atoms with Gasteiger partial charge in [0, 0.05) is 6.42 Å². The lowest BCUT2D eigenvalue weighted by Crippen LogP contribution is -2.64. The normalized spacial score (nSPS) is 23.3. The van der Waals surface area contributed by atoms with Crippen LogP contribution in [0.1, 0.15) is 213 Å². The van der Waals surface area contributed by atoms with Crippen molar-refractivity contribution in [2.24, 2.45) is 0 Å². The van der Waals surface area contributed by atoms with Gasteiger partial charge in [0.05, 0.1) is 18.8 Å². The Morgan fingerprint density at radius 2 is 0.914 bits per heavy atom. The van der Waals surface area contributed by atoms with E-state index in [2.05, 4.69) is 19.2 Å². The van der Waals surface area contributed by atoms with Gasteiger partial charge >= 0.3 is 7.82 Å². The highest BCUT2D eigenvalue weighted by molar-refractivity contribution is 7.47. The molecule has 0 heterocycles. The smallest absolute Gasteiger partial charge is 0.387 e. The third-order valence-corrected chi connectivity index (χ3v) is 12.6. The van der Waals surface area contributed by atoms with E-state index in [0.29, 0.717) is 6.42 Å². The number of phosphoric ester groups is 1. The molecule has 58 heavy (non-hydrogen) atoms. The molecule has 0 bridgehead atoms. The van der Waals surface area contributed by atoms with Gasteiger partial charge in [-0.1, -0.05) is 199 Å². The molecule has 1 rings (SSSR count). The molecule has 344 valence electrons. The number of aliphatic hydroxyl groups excluding tert-OH is 6. The fourth-order valence-corrected chi connectivity index (χ4v) is 8.64. The highest BCUT2D eigenvalue weighted by atomic mass is 31.2. The van der Waals surface area contributed by atoms with Gasteiger partial charge < -0.3 is 40.8 Å². The second-order valence-corrected chi connectivity index (χ2v) is 18.4. The third-order valence-electron chi connectivity index (χ3n) is 11.6. The van der Waals surface area contributed by atoms with Crippen molar-refractivity contribution in [3.63, 3.8) is 0 Å². The van der Waals surface area contributed by atoms with E-state index in [4.69, 9.17) is 9.05 Å². The first-order valence-corrected chi connectivity index (χ1v) is 25.1. The van der Waals surface area contributed by atoms with Crippen molar-refractivity contribution in [3.8, 4) is 0 Å². The van der Waals surface area contributed by atoms with Crippen LogP contribution in [0, 0.1) is 0 Å². The zero-order chi connectivity index (χ0) is 42.9. The summed E-state index contributed by atoms with van der Waals surface area (Å²) < 4.78 is 22.8. The average Bonchev–Trinajstić information content (AvgIpc) is 3.20. The second kappa shape index (κ2) is 35.7. The predicted molar refractivity (Wildman–Crippen MR) is 232 cm³/mol. The molecule has 0 aliphatic heterocycles. The lowest BCUT2D eigenvalue weighted by Gasteiger charge is -2.41. The fourth-order valence-electron chi connectivity index (χ4n) is 7.67. The zero-order valence-electron chi connectivity index (χ0n) is 36.6. The molecule has 1 aliphatic rings. The van der Waals surface area contributed by atoms with Gasteiger partial charge in [0.2, 0.25) is 5.91 Å². The van der Waals surface area contributed by atoms with E-state index in [1.807, 2.05) is 6.08 Å². The van der Waals surface area contributed by atoms with E-state index in [1.54, 1.807) is 0 Å². The molecular formula is C45H88NO11P. The van der Waals surface area contributed by atoms with Crippen LogP contribution >= 0.6 is 7.82 Å². The molecule has 0 saturated heterocycles. The first-order chi connectivity index (χ1) is 27.9. The number of nitrogens with one attached hydrogen (secondary N) is 1. The van der Waals surface area contributed by atoms with Crippen molar-refractivity contribution in [2.45, 2.75) is 262 Å². The van der Waals surface area contributed by atoms with E-state index in [9.17, 15) is 44.9 Å². The molecule has 1 aliphatic carbocycles. The molecule has 1 fully saturated rings. The van der Waals surface area contributed by atoms with Gasteiger partial charge in [0.25, 0.3) is 0 Å². The number of amides is 1. The molecule has 1 saturated carbocycles. The number of hydrogen-bond donors (Lipinski definition) is 8. The average molecular weight is 850 g/mol. The van der Waals surface area contributed by atoms with Gasteiger partial charge in [0.15, 0.2) is 0 Å². The van der Waals surface area contributed by atoms with Crippen LogP contribution in [0.4, 0.5) is 0 Å². The molecule has 9 atom stereocenters. The Bertz CT molecular complexity index is 1040. The molecule has 0 aromatic heterocycles. The molecule has 0 spiro atoms. The maximum Gasteiger partial charge on any atom is 0.472 e. The maximum absolute atomic E-state index is 12.9. The van der Waals surface area contributed by atoms with E-state index >= 15 is 0 Å². The number of rotatable bonds is 39. The lowest BCUT2D eigenvalue weighted by atomic mass is 9.85. The molecule has 0 aromatic rings. The van der Waals surface area contributed by atoms with E-state index < -0.39 is 63.2 Å². The van der Waals surface area contributed by atoms with Gasteiger partial charge in [-0.05, 0) is 19.3 Å². The molecule has 12 nitrogen and oxygen atoms in total. The number of carbonyl (C=O) groups excluding carboxylic acids is 1. The molecule has 0 aromatic carbocycles. The monoisotopic (exact) mass is 850 g/mol. The summed E-state index contributed by atoms with van der Waals surface area (Å²) in [6.45, 7) is 3.81. The van der Waals surface area contributed by atoms with Crippen molar-refractivity contribution < 1.29 is 53.9 Å². The second-order valence-electron chi connectivity index (χ2n) is 17.0. The van der Waals surface area contributed by atoms with Crippen molar-refractivity contribution in [1.82, 2.24) is 5.32 Å². The Labute approximate surface area is 352 Å². The minimum atomic E-state index is -5.07. The Kier molecular flexibility index (Phi) is 33.9. The summed E-state index contributed by atoms with van der Waals surface area (Å²) in [4.78, 5) is 23.3. The van der Waals surface area contributed by atoms with Crippen LogP contribution in [-0.4, -0.2) is 96.8 Å². The number of allylic oxidation sites excluding steroid dienone is 1. The quantitative estimate of drug-likeness (QED) is 0.0167. The minimum Gasteiger partial charge on any atom is -0.387 e. The van der Waals surface area contributed by atoms with Crippen molar-refractivity contribution >= 4 is 13.7 Å². The zero-order valence-corrected chi connectivity index (χ0v) is 37.5. The summed E-state index contributed by atoms with van der Waals surface area (Å²) in [5, 5.41) is 63.8. The lowest BCUT2D eigenvalue weighted by molar-refractivity contribution is -0.220. The van der Waals surface area contributed by atoms with Crippen LogP contribution in [0.15, 0.2) is 12.2 Å². The minimum absolute atomic E-state index is 0.218. The van der Waals surface area contributed by atoms with Crippen LogP contribution in [0.3, 0.4) is 0 Å². The number of unbranched alkanes of at least 4 members (excludes halogenated alkanes) is 28. The maximum atomic E-state index is 12.9. The van der Waals surface area contributed by atoms with Crippen molar-refractivity contribution in [2.75, 3.05) is 6.61 Å². The SMILES string of the molecule is CCCCCCCCC/C=C/[C@@H](O)[C@H](COP(=O)(O)OC1C(O)C(O)C(O)[C@@H](O)C1O)NC(=O)CCCCCCCCCCCCCCCCCCCCCCCC. The topological polar surface area (TPSA) is 206 Å². The summed E-state index contributed by atoms with van der Waals surface area (Å²) in [5.74, 6) is -0.339. The summed E-state index contributed by atoms with van der Waals surface area (Å²) >= 11 is 0. The number of hydrogen-bond acceptors (Lipinski definition) is 10. The predicted octanol–water partition coefficient (Wildman–Crippen LogP) is 8.84. The fraction of sp³-hybridized carbons (Fsp3) is 0.933. The molecule has 0 radical (unpaired) electrons. The van der Waals surface area contributed by atoms with Gasteiger partial charge in [-0.25, -0.2) is 4.57 Å². The number of carbonyl (C=O) groups is 1.